The standard InChI is InChI=1S/C42H70O6/c1-3-5-7-9-13-19-28-37-39(47-37)30-21-15-11-17-23-32-41(43)45-35-26-25-27-36(34-35)46-42(44)33-24-18-12-16-22-31-40-38(48-40)29-20-14-10-8-6-4-2/h25-27,34,37-40H,3-24,28-33H2,1-2H3. The van der Waals surface area contributed by atoms with Crippen LogP contribution in [0.5, 0.6) is 11.5 Å². The number of unbranched alkanes of at least 4 members (excludes halogenated alkanes) is 18. The van der Waals surface area contributed by atoms with Gasteiger partial charge >= 0.3 is 11.9 Å². The Morgan fingerprint density at radius 3 is 1.15 bits per heavy atom. The third kappa shape index (κ3) is 19.9. The van der Waals surface area contributed by atoms with E-state index in [9.17, 15) is 9.59 Å². The van der Waals surface area contributed by atoms with Crippen LogP contribution in [0, 0.1) is 0 Å². The lowest BCUT2D eigenvalue weighted by Crippen LogP contribution is -2.09. The molecule has 6 nitrogen and oxygen atoms in total. The predicted octanol–water partition coefficient (Wildman–Crippen LogP) is 12.0. The van der Waals surface area contributed by atoms with Gasteiger partial charge in [-0.1, -0.05) is 148 Å². The molecule has 0 aliphatic carbocycles. The Hall–Kier alpha value is -1.92. The lowest BCUT2D eigenvalue weighted by atomic mass is 10.0. The smallest absolute Gasteiger partial charge is 0.311 e. The molecule has 0 amide bonds. The maximum absolute atomic E-state index is 12.4. The van der Waals surface area contributed by atoms with Crippen molar-refractivity contribution in [1.82, 2.24) is 0 Å². The molecule has 2 heterocycles. The number of rotatable bonds is 32. The molecule has 2 aliphatic rings. The molecular weight excluding hydrogens is 600 g/mol. The van der Waals surface area contributed by atoms with Crippen LogP contribution in [0.25, 0.3) is 0 Å². The number of hydrogen-bond donors (Lipinski definition) is 0. The van der Waals surface area contributed by atoms with Gasteiger partial charge in [0, 0.05) is 18.9 Å². The molecule has 0 bridgehead atoms. The van der Waals surface area contributed by atoms with E-state index in [0.717, 1.165) is 38.5 Å². The molecular formula is C42H70O6. The first-order valence-electron chi connectivity index (χ1n) is 20.4. The Balaban J connectivity index is 1.10. The van der Waals surface area contributed by atoms with Gasteiger partial charge in [0.25, 0.3) is 0 Å². The average Bonchev–Trinajstić information content (AvgIpc) is 4.00. The highest BCUT2D eigenvalue weighted by atomic mass is 16.6. The van der Waals surface area contributed by atoms with Crippen LogP contribution in [0.1, 0.15) is 194 Å². The first kappa shape index (κ1) is 40.5. The van der Waals surface area contributed by atoms with Crippen molar-refractivity contribution < 1.29 is 28.5 Å². The molecule has 2 fully saturated rings. The van der Waals surface area contributed by atoms with E-state index in [1.807, 2.05) is 0 Å². The van der Waals surface area contributed by atoms with Crippen LogP contribution in [0.2, 0.25) is 0 Å². The normalized spacial score (nSPS) is 19.7. The number of carbonyl (C=O) groups excluding carboxylic acids is 2. The first-order chi connectivity index (χ1) is 23.6. The summed E-state index contributed by atoms with van der Waals surface area (Å²) in [7, 11) is 0. The van der Waals surface area contributed by atoms with Gasteiger partial charge in [0.05, 0.1) is 24.4 Å². The van der Waals surface area contributed by atoms with Crippen LogP contribution in [0.4, 0.5) is 0 Å². The highest BCUT2D eigenvalue weighted by Gasteiger charge is 2.37. The van der Waals surface area contributed by atoms with E-state index >= 15 is 0 Å². The molecule has 6 heteroatoms. The largest absolute Gasteiger partial charge is 0.426 e. The molecule has 2 aliphatic heterocycles. The molecule has 0 N–H and O–H groups in total. The number of hydrogen-bond acceptors (Lipinski definition) is 6. The van der Waals surface area contributed by atoms with E-state index in [2.05, 4.69) is 13.8 Å². The van der Waals surface area contributed by atoms with Crippen molar-refractivity contribution in [3.8, 4) is 11.5 Å². The summed E-state index contributed by atoms with van der Waals surface area (Å²) in [6.45, 7) is 4.53. The molecule has 0 aromatic heterocycles. The molecule has 4 unspecified atom stereocenters. The highest BCUT2D eigenvalue weighted by molar-refractivity contribution is 5.74. The first-order valence-corrected chi connectivity index (χ1v) is 20.4. The van der Waals surface area contributed by atoms with E-state index < -0.39 is 0 Å². The molecule has 1 aromatic carbocycles. The summed E-state index contributed by atoms with van der Waals surface area (Å²) in [4.78, 5) is 24.7. The van der Waals surface area contributed by atoms with E-state index in [0.29, 0.717) is 48.8 Å². The van der Waals surface area contributed by atoms with Gasteiger partial charge in [-0.2, -0.15) is 0 Å². The fourth-order valence-corrected chi connectivity index (χ4v) is 6.88. The molecule has 48 heavy (non-hydrogen) atoms. The molecule has 4 atom stereocenters. The molecule has 0 spiro atoms. The average molecular weight is 671 g/mol. The molecule has 3 rings (SSSR count). The summed E-state index contributed by atoms with van der Waals surface area (Å²) >= 11 is 0. The lowest BCUT2D eigenvalue weighted by molar-refractivity contribution is -0.135. The van der Waals surface area contributed by atoms with Gasteiger partial charge in [-0.05, 0) is 50.7 Å². The van der Waals surface area contributed by atoms with Crippen molar-refractivity contribution in [1.29, 1.82) is 0 Å². The Bertz CT molecular complexity index is 905. The van der Waals surface area contributed by atoms with Crippen LogP contribution in [-0.2, 0) is 19.1 Å². The Morgan fingerprint density at radius 2 is 0.792 bits per heavy atom. The maximum Gasteiger partial charge on any atom is 0.311 e. The van der Waals surface area contributed by atoms with Gasteiger partial charge in [-0.15, -0.1) is 0 Å². The number of esters is 2. The summed E-state index contributed by atoms with van der Waals surface area (Å²) in [5, 5.41) is 0. The zero-order valence-corrected chi connectivity index (χ0v) is 30.9. The second-order valence-corrected chi connectivity index (χ2v) is 14.6. The lowest BCUT2D eigenvalue weighted by Gasteiger charge is -2.08. The molecule has 274 valence electrons. The van der Waals surface area contributed by atoms with Crippen molar-refractivity contribution >= 4 is 11.9 Å². The SMILES string of the molecule is CCCCCCCCC1OC1CCCCCCCC(=O)Oc1cccc(OC(=O)CCCCCCCC2OC2CCCCCCCC)c1. The summed E-state index contributed by atoms with van der Waals surface area (Å²) in [6, 6.07) is 6.86. The van der Waals surface area contributed by atoms with E-state index in [4.69, 9.17) is 18.9 Å². The minimum atomic E-state index is -0.232. The second kappa shape index (κ2) is 26.0. The third-order valence-electron chi connectivity index (χ3n) is 10.1. The zero-order chi connectivity index (χ0) is 34.1. The number of epoxide rings is 2. The maximum atomic E-state index is 12.4. The Kier molecular flexibility index (Phi) is 21.9. The second-order valence-electron chi connectivity index (χ2n) is 14.6. The van der Waals surface area contributed by atoms with E-state index in [1.165, 1.54) is 128 Å². The molecule has 0 radical (unpaired) electrons. The van der Waals surface area contributed by atoms with Crippen molar-refractivity contribution in [2.45, 2.75) is 218 Å². The fourth-order valence-electron chi connectivity index (χ4n) is 6.88. The van der Waals surface area contributed by atoms with Gasteiger partial charge in [-0.25, -0.2) is 0 Å². The Labute approximate surface area is 293 Å². The van der Waals surface area contributed by atoms with E-state index in [1.54, 1.807) is 24.3 Å². The third-order valence-corrected chi connectivity index (χ3v) is 10.1. The summed E-state index contributed by atoms with van der Waals surface area (Å²) in [5.41, 5.74) is 0. The summed E-state index contributed by atoms with van der Waals surface area (Å²) in [5.74, 6) is 0.395. The van der Waals surface area contributed by atoms with Gasteiger partial charge in [0.2, 0.25) is 0 Å². The van der Waals surface area contributed by atoms with Crippen molar-refractivity contribution in [3.63, 3.8) is 0 Å². The Morgan fingerprint density at radius 1 is 0.479 bits per heavy atom. The van der Waals surface area contributed by atoms with Crippen molar-refractivity contribution in [2.24, 2.45) is 0 Å². The van der Waals surface area contributed by atoms with Gasteiger partial charge in [0.1, 0.15) is 11.5 Å². The number of benzene rings is 1. The number of ether oxygens (including phenoxy) is 4. The monoisotopic (exact) mass is 671 g/mol. The highest BCUT2D eigenvalue weighted by Crippen LogP contribution is 2.33. The van der Waals surface area contributed by atoms with Gasteiger partial charge in [0.15, 0.2) is 0 Å². The summed E-state index contributed by atoms with van der Waals surface area (Å²) in [6.07, 6.45) is 34.7. The van der Waals surface area contributed by atoms with E-state index in [-0.39, 0.29) is 11.9 Å². The van der Waals surface area contributed by atoms with Crippen LogP contribution in [0.15, 0.2) is 24.3 Å². The van der Waals surface area contributed by atoms with Crippen LogP contribution in [-0.4, -0.2) is 36.4 Å². The van der Waals surface area contributed by atoms with Crippen LogP contribution >= 0.6 is 0 Å². The zero-order valence-electron chi connectivity index (χ0n) is 30.9. The predicted molar refractivity (Wildman–Crippen MR) is 196 cm³/mol. The minimum absolute atomic E-state index is 0.232. The molecule has 0 saturated carbocycles. The minimum Gasteiger partial charge on any atom is -0.426 e. The van der Waals surface area contributed by atoms with Crippen molar-refractivity contribution in [2.75, 3.05) is 0 Å². The van der Waals surface area contributed by atoms with Crippen LogP contribution < -0.4 is 9.47 Å². The quantitative estimate of drug-likeness (QED) is 0.0328. The molecule has 2 saturated heterocycles. The van der Waals surface area contributed by atoms with Crippen molar-refractivity contribution in [3.05, 3.63) is 24.3 Å². The topological polar surface area (TPSA) is 77.7 Å². The van der Waals surface area contributed by atoms with Gasteiger partial charge in [-0.3, -0.25) is 9.59 Å². The summed E-state index contributed by atoms with van der Waals surface area (Å²) < 4.78 is 22.8. The van der Waals surface area contributed by atoms with Crippen LogP contribution in [0.3, 0.4) is 0 Å². The van der Waals surface area contributed by atoms with Gasteiger partial charge < -0.3 is 18.9 Å². The molecule has 1 aromatic rings. The number of carbonyl (C=O) groups is 2. The fraction of sp³-hybridized carbons (Fsp3) is 0.810.